The van der Waals surface area contributed by atoms with Crippen molar-refractivity contribution in [1.29, 1.82) is 0 Å². The number of aromatic nitrogens is 3. The Morgan fingerprint density at radius 1 is 1.33 bits per heavy atom. The maximum atomic E-state index is 6.12. The molecular formula is C13H18N4S. The Labute approximate surface area is 111 Å². The summed E-state index contributed by atoms with van der Waals surface area (Å²) in [6.45, 7) is 2.04. The van der Waals surface area contributed by atoms with E-state index in [4.69, 9.17) is 5.73 Å². The molecule has 1 aliphatic carbocycles. The van der Waals surface area contributed by atoms with Gasteiger partial charge in [-0.3, -0.25) is 0 Å². The van der Waals surface area contributed by atoms with Crippen LogP contribution in [-0.2, 0) is 0 Å². The Bertz CT molecular complexity index is 537. The molecule has 2 N–H and O–H groups in total. The lowest BCUT2D eigenvalue weighted by Gasteiger charge is -2.23. The minimum atomic E-state index is 0.547. The molecule has 0 aromatic carbocycles. The molecule has 4 nitrogen and oxygen atoms in total. The predicted molar refractivity (Wildman–Crippen MR) is 74.6 cm³/mol. The molecule has 2 aromatic rings. The first-order chi connectivity index (χ1) is 8.77. The fourth-order valence-electron chi connectivity index (χ4n) is 2.66. The van der Waals surface area contributed by atoms with E-state index in [-0.39, 0.29) is 0 Å². The number of hydrogen-bond acceptors (Lipinski definition) is 4. The summed E-state index contributed by atoms with van der Waals surface area (Å²) in [4.78, 5) is 1.07. The van der Waals surface area contributed by atoms with Crippen LogP contribution in [-0.4, -0.2) is 14.8 Å². The van der Waals surface area contributed by atoms with Gasteiger partial charge >= 0.3 is 0 Å². The zero-order valence-corrected chi connectivity index (χ0v) is 11.4. The molecule has 0 atom stereocenters. The minimum absolute atomic E-state index is 0.547. The zero-order chi connectivity index (χ0) is 12.5. The van der Waals surface area contributed by atoms with Crippen LogP contribution in [0.2, 0.25) is 0 Å². The van der Waals surface area contributed by atoms with Gasteiger partial charge in [0.1, 0.15) is 6.33 Å². The normalized spacial score (nSPS) is 17.2. The highest BCUT2D eigenvalue weighted by molar-refractivity contribution is 7.14. The zero-order valence-electron chi connectivity index (χ0n) is 10.6. The second-order valence-electron chi connectivity index (χ2n) is 5.02. The van der Waals surface area contributed by atoms with Gasteiger partial charge in [0.25, 0.3) is 0 Å². The lowest BCUT2D eigenvalue weighted by molar-refractivity contribution is 0.355. The van der Waals surface area contributed by atoms with Gasteiger partial charge in [-0.25, -0.2) is 0 Å². The largest absolute Gasteiger partial charge is 0.397 e. The maximum Gasteiger partial charge on any atom is 0.176 e. The Morgan fingerprint density at radius 2 is 2.11 bits per heavy atom. The first-order valence-corrected chi connectivity index (χ1v) is 7.39. The highest BCUT2D eigenvalue weighted by atomic mass is 32.1. The number of thiophene rings is 1. The molecule has 0 unspecified atom stereocenters. The Hall–Kier alpha value is -1.36. The second kappa shape index (κ2) is 4.72. The van der Waals surface area contributed by atoms with E-state index in [0.29, 0.717) is 6.04 Å². The van der Waals surface area contributed by atoms with Crippen LogP contribution in [0.3, 0.4) is 0 Å². The van der Waals surface area contributed by atoms with E-state index in [1.165, 1.54) is 32.1 Å². The van der Waals surface area contributed by atoms with Crippen LogP contribution in [0, 0.1) is 6.92 Å². The van der Waals surface area contributed by atoms with Gasteiger partial charge in [0, 0.05) is 6.04 Å². The van der Waals surface area contributed by atoms with Crippen LogP contribution in [0.5, 0.6) is 0 Å². The number of aryl methyl sites for hydroxylation is 1. The fraction of sp³-hybridized carbons (Fsp3) is 0.538. The number of hydrogen-bond donors (Lipinski definition) is 1. The molecule has 5 heteroatoms. The number of nitrogens with two attached hydrogens (primary N) is 1. The van der Waals surface area contributed by atoms with Crippen LogP contribution >= 0.6 is 11.3 Å². The van der Waals surface area contributed by atoms with E-state index in [1.54, 1.807) is 11.3 Å². The van der Waals surface area contributed by atoms with E-state index >= 15 is 0 Å². The van der Waals surface area contributed by atoms with Crippen molar-refractivity contribution in [3.8, 4) is 10.7 Å². The molecule has 18 heavy (non-hydrogen) atoms. The van der Waals surface area contributed by atoms with Crippen molar-refractivity contribution in [2.75, 3.05) is 5.73 Å². The van der Waals surface area contributed by atoms with Crippen molar-refractivity contribution >= 4 is 17.0 Å². The predicted octanol–water partition coefficient (Wildman–Crippen LogP) is 3.40. The molecule has 1 fully saturated rings. The number of nitrogens with zero attached hydrogens (tertiary/aromatic N) is 3. The standard InChI is InChI=1S/C13H18N4S/c1-9-7-18-12(11(9)14)13-16-15-8-17(13)10-5-3-2-4-6-10/h7-8,10H,2-6,14H2,1H3. The van der Waals surface area contributed by atoms with Crippen LogP contribution < -0.4 is 5.73 Å². The lowest BCUT2D eigenvalue weighted by atomic mass is 9.95. The summed E-state index contributed by atoms with van der Waals surface area (Å²) in [6.07, 6.45) is 8.29. The molecule has 96 valence electrons. The smallest absolute Gasteiger partial charge is 0.176 e. The van der Waals surface area contributed by atoms with Crippen molar-refractivity contribution in [3.63, 3.8) is 0 Å². The van der Waals surface area contributed by atoms with Crippen LogP contribution in [0.4, 0.5) is 5.69 Å². The maximum absolute atomic E-state index is 6.12. The number of rotatable bonds is 2. The van der Waals surface area contributed by atoms with Gasteiger partial charge in [-0.1, -0.05) is 19.3 Å². The van der Waals surface area contributed by atoms with Crippen molar-refractivity contribution in [1.82, 2.24) is 14.8 Å². The van der Waals surface area contributed by atoms with Crippen LogP contribution in [0.25, 0.3) is 10.7 Å². The molecule has 0 amide bonds. The molecular weight excluding hydrogens is 244 g/mol. The summed E-state index contributed by atoms with van der Waals surface area (Å²) in [5.41, 5.74) is 8.11. The monoisotopic (exact) mass is 262 g/mol. The van der Waals surface area contributed by atoms with Crippen molar-refractivity contribution < 1.29 is 0 Å². The van der Waals surface area contributed by atoms with E-state index in [0.717, 1.165) is 22.0 Å². The van der Waals surface area contributed by atoms with E-state index in [2.05, 4.69) is 20.1 Å². The molecule has 0 bridgehead atoms. The number of anilines is 1. The van der Waals surface area contributed by atoms with Crippen molar-refractivity contribution in [2.24, 2.45) is 0 Å². The average molecular weight is 262 g/mol. The van der Waals surface area contributed by atoms with Gasteiger partial charge in [-0.2, -0.15) is 0 Å². The van der Waals surface area contributed by atoms with Crippen molar-refractivity contribution in [2.45, 2.75) is 45.1 Å². The van der Waals surface area contributed by atoms with E-state index in [9.17, 15) is 0 Å². The van der Waals surface area contributed by atoms with E-state index in [1.807, 2.05) is 13.3 Å². The molecule has 3 rings (SSSR count). The first-order valence-electron chi connectivity index (χ1n) is 6.51. The molecule has 2 aromatic heterocycles. The summed E-state index contributed by atoms with van der Waals surface area (Å²) in [7, 11) is 0. The highest BCUT2D eigenvalue weighted by Gasteiger charge is 2.21. The molecule has 2 heterocycles. The quantitative estimate of drug-likeness (QED) is 0.902. The average Bonchev–Trinajstić information content (AvgIpc) is 2.99. The Morgan fingerprint density at radius 3 is 2.78 bits per heavy atom. The fourth-order valence-corrected chi connectivity index (χ4v) is 3.62. The molecule has 0 radical (unpaired) electrons. The van der Waals surface area contributed by atoms with Gasteiger partial charge < -0.3 is 10.3 Å². The third kappa shape index (κ3) is 1.92. The second-order valence-corrected chi connectivity index (χ2v) is 5.89. The van der Waals surface area contributed by atoms with Gasteiger partial charge in [0.2, 0.25) is 0 Å². The van der Waals surface area contributed by atoms with Gasteiger partial charge in [-0.05, 0) is 30.7 Å². The molecule has 0 saturated heterocycles. The van der Waals surface area contributed by atoms with Crippen molar-refractivity contribution in [3.05, 3.63) is 17.3 Å². The minimum Gasteiger partial charge on any atom is -0.397 e. The van der Waals surface area contributed by atoms with Gasteiger partial charge in [-0.15, -0.1) is 21.5 Å². The SMILES string of the molecule is Cc1csc(-c2nncn2C2CCCCC2)c1N. The summed E-state index contributed by atoms with van der Waals surface area (Å²) >= 11 is 1.66. The molecule has 1 saturated carbocycles. The highest BCUT2D eigenvalue weighted by Crippen LogP contribution is 2.37. The van der Waals surface area contributed by atoms with Gasteiger partial charge in [0.15, 0.2) is 5.82 Å². The summed E-state index contributed by atoms with van der Waals surface area (Å²) < 4.78 is 2.22. The molecule has 0 spiro atoms. The number of nitrogen functional groups attached to an aromatic ring is 1. The lowest BCUT2D eigenvalue weighted by Crippen LogP contribution is -2.13. The van der Waals surface area contributed by atoms with Gasteiger partial charge in [0.05, 0.1) is 10.6 Å². The summed E-state index contributed by atoms with van der Waals surface area (Å²) in [5, 5.41) is 10.5. The molecule has 1 aliphatic rings. The Kier molecular flexibility index (Phi) is 3.07. The van der Waals surface area contributed by atoms with E-state index < -0.39 is 0 Å². The molecule has 0 aliphatic heterocycles. The third-order valence-electron chi connectivity index (χ3n) is 3.77. The van der Waals surface area contributed by atoms with Crippen LogP contribution in [0.1, 0.15) is 43.7 Å². The topological polar surface area (TPSA) is 56.7 Å². The third-order valence-corrected chi connectivity index (χ3v) is 4.88. The summed E-state index contributed by atoms with van der Waals surface area (Å²) in [5.74, 6) is 0.942. The summed E-state index contributed by atoms with van der Waals surface area (Å²) in [6, 6.07) is 0.547. The van der Waals surface area contributed by atoms with Crippen LogP contribution in [0.15, 0.2) is 11.7 Å². The Balaban J connectivity index is 1.98. The first kappa shape index (κ1) is 11.7.